The van der Waals surface area contributed by atoms with Gasteiger partial charge in [-0.3, -0.25) is 9.78 Å². The van der Waals surface area contributed by atoms with E-state index in [0.29, 0.717) is 6.42 Å². The monoisotopic (exact) mass is 412 g/mol. The first-order valence-corrected chi connectivity index (χ1v) is 10.7. The summed E-state index contributed by atoms with van der Waals surface area (Å²) >= 11 is 0. The highest BCUT2D eigenvalue weighted by Crippen LogP contribution is 2.41. The minimum Gasteiger partial charge on any atom is -0.396 e. The normalized spacial score (nSPS) is 20.4. The Kier molecular flexibility index (Phi) is 6.28. The van der Waals surface area contributed by atoms with Crippen molar-refractivity contribution in [1.82, 2.24) is 10.3 Å². The molecule has 1 amide bonds. The summed E-state index contributed by atoms with van der Waals surface area (Å²) in [5, 5.41) is 12.9. The number of nitrogens with zero attached hydrogens (tertiary/aromatic N) is 1. The van der Waals surface area contributed by atoms with E-state index in [9.17, 15) is 9.90 Å². The van der Waals surface area contributed by atoms with Gasteiger partial charge in [-0.25, -0.2) is 0 Å². The summed E-state index contributed by atoms with van der Waals surface area (Å²) in [6, 6.07) is 20.7. The number of hydrogen-bond acceptors (Lipinski definition) is 3. The van der Waals surface area contributed by atoms with Crippen LogP contribution >= 0.6 is 0 Å². The second-order valence-corrected chi connectivity index (χ2v) is 8.20. The number of nitrogens with one attached hydrogen (secondary N) is 1. The Morgan fingerprint density at radius 1 is 1.13 bits per heavy atom. The first kappa shape index (κ1) is 21.0. The van der Waals surface area contributed by atoms with E-state index in [0.717, 1.165) is 16.8 Å². The number of aliphatic hydroxyl groups excluding tert-OH is 1. The summed E-state index contributed by atoms with van der Waals surface area (Å²) in [7, 11) is 1.65. The quantitative estimate of drug-likeness (QED) is 0.654. The van der Waals surface area contributed by atoms with Gasteiger partial charge in [0.15, 0.2) is 0 Å². The van der Waals surface area contributed by atoms with Crippen molar-refractivity contribution in [2.75, 3.05) is 13.7 Å². The maximum atomic E-state index is 12.5. The van der Waals surface area contributed by atoms with Crippen LogP contribution in [0.15, 0.2) is 72.9 Å². The maximum absolute atomic E-state index is 12.5. The standard InChI is InChI=1S/C27H28N2O2/c1-18-6-5-8-19(14-18)21-10-11-22(29-16-21)12-13-24-23-9-4-3-7-20(23)15-25(26(24)17-30)27(31)28-2/h3-14,16,24-26,30H,15,17H2,1-2H3,(H,28,31)/b13-12+. The molecule has 0 saturated heterocycles. The van der Waals surface area contributed by atoms with E-state index >= 15 is 0 Å². The highest BCUT2D eigenvalue weighted by molar-refractivity contribution is 5.80. The van der Waals surface area contributed by atoms with Gasteiger partial charge in [0.1, 0.15) is 0 Å². The van der Waals surface area contributed by atoms with Crippen LogP contribution in [0.3, 0.4) is 0 Å². The molecule has 1 aliphatic carbocycles. The Balaban J connectivity index is 1.62. The van der Waals surface area contributed by atoms with Gasteiger partial charge in [-0.2, -0.15) is 0 Å². The molecule has 0 saturated carbocycles. The molecule has 0 bridgehead atoms. The van der Waals surface area contributed by atoms with Gasteiger partial charge >= 0.3 is 0 Å². The Hall–Kier alpha value is -3.24. The Morgan fingerprint density at radius 2 is 1.97 bits per heavy atom. The molecule has 0 fully saturated rings. The number of hydrogen-bond donors (Lipinski definition) is 2. The molecule has 3 atom stereocenters. The van der Waals surface area contributed by atoms with Crippen molar-refractivity contribution < 1.29 is 9.90 Å². The summed E-state index contributed by atoms with van der Waals surface area (Å²) < 4.78 is 0. The molecule has 1 aliphatic rings. The van der Waals surface area contributed by atoms with Crippen LogP contribution in [0.4, 0.5) is 0 Å². The van der Waals surface area contributed by atoms with Crippen LogP contribution in [0.1, 0.15) is 28.3 Å². The second-order valence-electron chi connectivity index (χ2n) is 8.20. The molecule has 2 aromatic carbocycles. The average molecular weight is 413 g/mol. The Morgan fingerprint density at radius 3 is 2.68 bits per heavy atom. The van der Waals surface area contributed by atoms with E-state index in [1.807, 2.05) is 30.5 Å². The molecule has 3 unspecified atom stereocenters. The SMILES string of the molecule is CNC(=O)C1Cc2ccccc2C(/C=C/c2ccc(-c3cccc(C)c3)cn2)C1CO. The first-order valence-electron chi connectivity index (χ1n) is 10.7. The maximum Gasteiger partial charge on any atom is 0.223 e. The topological polar surface area (TPSA) is 62.2 Å². The van der Waals surface area contributed by atoms with Crippen molar-refractivity contribution in [3.05, 3.63) is 95.3 Å². The third-order valence-electron chi connectivity index (χ3n) is 6.24. The number of rotatable bonds is 5. The molecule has 158 valence electrons. The van der Waals surface area contributed by atoms with Crippen molar-refractivity contribution in [3.63, 3.8) is 0 Å². The van der Waals surface area contributed by atoms with Gasteiger partial charge in [0, 0.05) is 43.2 Å². The number of aromatic nitrogens is 1. The van der Waals surface area contributed by atoms with Crippen molar-refractivity contribution in [1.29, 1.82) is 0 Å². The van der Waals surface area contributed by atoms with Crippen LogP contribution in [-0.4, -0.2) is 29.7 Å². The van der Waals surface area contributed by atoms with E-state index in [4.69, 9.17) is 0 Å². The zero-order valence-electron chi connectivity index (χ0n) is 18.0. The number of pyridine rings is 1. The van der Waals surface area contributed by atoms with Crippen LogP contribution in [0.25, 0.3) is 17.2 Å². The molecule has 1 aromatic heterocycles. The summed E-state index contributed by atoms with van der Waals surface area (Å²) in [5.41, 5.74) is 6.65. The van der Waals surface area contributed by atoms with Gasteiger partial charge in [0.25, 0.3) is 0 Å². The summed E-state index contributed by atoms with van der Waals surface area (Å²) in [6.45, 7) is 2.04. The molecule has 0 spiro atoms. The van der Waals surface area contributed by atoms with E-state index < -0.39 is 0 Å². The van der Waals surface area contributed by atoms with Crippen molar-refractivity contribution >= 4 is 12.0 Å². The molecule has 1 heterocycles. The van der Waals surface area contributed by atoms with Gasteiger partial charge in [-0.15, -0.1) is 0 Å². The van der Waals surface area contributed by atoms with E-state index in [-0.39, 0.29) is 30.3 Å². The molecule has 4 heteroatoms. The van der Waals surface area contributed by atoms with Gasteiger partial charge in [0.05, 0.1) is 5.69 Å². The van der Waals surface area contributed by atoms with E-state index in [1.165, 1.54) is 16.7 Å². The zero-order valence-corrected chi connectivity index (χ0v) is 18.0. The third-order valence-corrected chi connectivity index (χ3v) is 6.24. The molecular weight excluding hydrogens is 384 g/mol. The molecule has 3 aromatic rings. The van der Waals surface area contributed by atoms with Crippen molar-refractivity contribution in [2.45, 2.75) is 19.3 Å². The lowest BCUT2D eigenvalue weighted by Gasteiger charge is -2.36. The molecule has 0 radical (unpaired) electrons. The second kappa shape index (κ2) is 9.27. The number of benzene rings is 2. The molecular formula is C27H28N2O2. The number of aliphatic hydroxyl groups is 1. The number of allylic oxidation sites excluding steroid dienone is 1. The molecule has 0 aliphatic heterocycles. The van der Waals surface area contributed by atoms with Crippen LogP contribution in [0.2, 0.25) is 0 Å². The van der Waals surface area contributed by atoms with Crippen molar-refractivity contribution in [2.24, 2.45) is 11.8 Å². The number of carbonyl (C=O) groups excluding carboxylic acids is 1. The fraction of sp³-hybridized carbons (Fsp3) is 0.259. The summed E-state index contributed by atoms with van der Waals surface area (Å²) in [4.78, 5) is 17.1. The number of carbonyl (C=O) groups is 1. The summed E-state index contributed by atoms with van der Waals surface area (Å²) in [5.74, 6) is -0.489. The van der Waals surface area contributed by atoms with Crippen LogP contribution in [-0.2, 0) is 11.2 Å². The Labute approximate surface area is 183 Å². The average Bonchev–Trinajstić information content (AvgIpc) is 2.81. The van der Waals surface area contributed by atoms with Gasteiger partial charge in [-0.05, 0) is 42.2 Å². The lowest BCUT2D eigenvalue weighted by molar-refractivity contribution is -0.127. The smallest absolute Gasteiger partial charge is 0.223 e. The van der Waals surface area contributed by atoms with Gasteiger partial charge in [0.2, 0.25) is 5.91 Å². The lowest BCUT2D eigenvalue weighted by atomic mass is 9.68. The number of amides is 1. The number of aryl methyl sites for hydroxylation is 1. The van der Waals surface area contributed by atoms with E-state index in [1.54, 1.807) is 7.05 Å². The van der Waals surface area contributed by atoms with Crippen LogP contribution in [0.5, 0.6) is 0 Å². The Bertz CT molecular complexity index is 1090. The zero-order chi connectivity index (χ0) is 21.8. The minimum atomic E-state index is -0.254. The van der Waals surface area contributed by atoms with Crippen LogP contribution < -0.4 is 5.32 Å². The number of fused-ring (bicyclic) bond motifs is 1. The van der Waals surface area contributed by atoms with Gasteiger partial charge in [-0.1, -0.05) is 66.2 Å². The minimum absolute atomic E-state index is 0.0208. The fourth-order valence-electron chi connectivity index (χ4n) is 4.58. The van der Waals surface area contributed by atoms with E-state index in [2.05, 4.69) is 65.8 Å². The fourth-order valence-corrected chi connectivity index (χ4v) is 4.58. The largest absolute Gasteiger partial charge is 0.396 e. The molecule has 2 N–H and O–H groups in total. The predicted octanol–water partition coefficient (Wildman–Crippen LogP) is 4.38. The molecule has 31 heavy (non-hydrogen) atoms. The summed E-state index contributed by atoms with van der Waals surface area (Å²) in [6.07, 6.45) is 6.62. The predicted molar refractivity (Wildman–Crippen MR) is 124 cm³/mol. The highest BCUT2D eigenvalue weighted by atomic mass is 16.3. The molecule has 4 nitrogen and oxygen atoms in total. The first-order chi connectivity index (χ1) is 15.1. The highest BCUT2D eigenvalue weighted by Gasteiger charge is 2.38. The van der Waals surface area contributed by atoms with Crippen LogP contribution in [0, 0.1) is 18.8 Å². The van der Waals surface area contributed by atoms with Crippen molar-refractivity contribution in [3.8, 4) is 11.1 Å². The lowest BCUT2D eigenvalue weighted by Crippen LogP contribution is -2.41. The third kappa shape index (κ3) is 4.44. The molecule has 4 rings (SSSR count). The van der Waals surface area contributed by atoms with Gasteiger partial charge < -0.3 is 10.4 Å².